The summed E-state index contributed by atoms with van der Waals surface area (Å²) in [6, 6.07) is 6.59. The van der Waals surface area contributed by atoms with E-state index in [1.54, 1.807) is 0 Å². The predicted molar refractivity (Wildman–Crippen MR) is 73.3 cm³/mol. The molecular formula is C15H25NO. The minimum Gasteiger partial charge on any atom is -0.374 e. The Labute approximate surface area is 105 Å². The van der Waals surface area contributed by atoms with Gasteiger partial charge in [0.05, 0.1) is 12.2 Å². The number of hydrogen-bond acceptors (Lipinski definition) is 2. The van der Waals surface area contributed by atoms with Gasteiger partial charge >= 0.3 is 0 Å². The molecule has 1 aromatic rings. The van der Waals surface area contributed by atoms with Gasteiger partial charge in [0.2, 0.25) is 0 Å². The van der Waals surface area contributed by atoms with Crippen LogP contribution in [0.25, 0.3) is 0 Å². The summed E-state index contributed by atoms with van der Waals surface area (Å²) in [5.41, 5.74) is 9.91. The quantitative estimate of drug-likeness (QED) is 0.870. The van der Waals surface area contributed by atoms with Crippen LogP contribution in [0, 0.1) is 13.8 Å². The van der Waals surface area contributed by atoms with Gasteiger partial charge in [0.1, 0.15) is 0 Å². The topological polar surface area (TPSA) is 35.2 Å². The summed E-state index contributed by atoms with van der Waals surface area (Å²) in [7, 11) is 0. The van der Waals surface area contributed by atoms with E-state index in [4.69, 9.17) is 10.5 Å². The molecule has 0 heterocycles. The molecule has 0 aliphatic heterocycles. The molecule has 0 aliphatic rings. The van der Waals surface area contributed by atoms with Crippen molar-refractivity contribution in [3.8, 4) is 0 Å². The van der Waals surface area contributed by atoms with Crippen molar-refractivity contribution in [1.29, 1.82) is 0 Å². The highest BCUT2D eigenvalue weighted by Gasteiger charge is 2.13. The van der Waals surface area contributed by atoms with E-state index in [0.29, 0.717) is 6.61 Å². The molecule has 0 saturated carbocycles. The van der Waals surface area contributed by atoms with Crippen LogP contribution in [0.15, 0.2) is 18.2 Å². The van der Waals surface area contributed by atoms with Crippen LogP contribution in [0.2, 0.25) is 0 Å². The first-order chi connectivity index (χ1) is 7.78. The molecule has 0 spiro atoms. The fourth-order valence-electron chi connectivity index (χ4n) is 1.65. The Balaban J connectivity index is 2.50. The molecule has 0 saturated heterocycles. The summed E-state index contributed by atoms with van der Waals surface area (Å²) >= 11 is 0. The average molecular weight is 235 g/mol. The van der Waals surface area contributed by atoms with Gasteiger partial charge in [0, 0.05) is 6.04 Å². The number of benzene rings is 1. The van der Waals surface area contributed by atoms with E-state index in [1.807, 2.05) is 0 Å². The third-order valence-corrected chi connectivity index (χ3v) is 2.80. The van der Waals surface area contributed by atoms with Gasteiger partial charge in [-0.15, -0.1) is 0 Å². The summed E-state index contributed by atoms with van der Waals surface area (Å²) in [4.78, 5) is 0. The fraction of sp³-hybridized carbons (Fsp3) is 0.600. The van der Waals surface area contributed by atoms with Crippen molar-refractivity contribution in [2.24, 2.45) is 5.73 Å². The van der Waals surface area contributed by atoms with Crippen molar-refractivity contribution in [2.45, 2.75) is 52.7 Å². The van der Waals surface area contributed by atoms with Gasteiger partial charge in [0.25, 0.3) is 0 Å². The van der Waals surface area contributed by atoms with E-state index in [-0.39, 0.29) is 11.6 Å². The van der Waals surface area contributed by atoms with Gasteiger partial charge in [-0.1, -0.05) is 18.2 Å². The molecule has 2 heteroatoms. The van der Waals surface area contributed by atoms with E-state index in [9.17, 15) is 0 Å². The third kappa shape index (κ3) is 5.33. The monoisotopic (exact) mass is 235 g/mol. The Morgan fingerprint density at radius 1 is 1.18 bits per heavy atom. The van der Waals surface area contributed by atoms with Crippen LogP contribution in [-0.4, -0.2) is 18.2 Å². The lowest BCUT2D eigenvalue weighted by atomic mass is 10.0. The fourth-order valence-corrected chi connectivity index (χ4v) is 1.65. The molecular weight excluding hydrogens is 210 g/mol. The van der Waals surface area contributed by atoms with Gasteiger partial charge in [-0.3, -0.25) is 0 Å². The third-order valence-electron chi connectivity index (χ3n) is 2.80. The lowest BCUT2D eigenvalue weighted by Gasteiger charge is -2.22. The SMILES string of the molecule is Cc1ccc(CC(N)COC(C)(C)C)cc1C. The zero-order valence-corrected chi connectivity index (χ0v) is 11.7. The Bertz CT molecular complexity index is 366. The van der Waals surface area contributed by atoms with E-state index in [0.717, 1.165) is 6.42 Å². The van der Waals surface area contributed by atoms with E-state index < -0.39 is 0 Å². The van der Waals surface area contributed by atoms with Crippen LogP contribution in [0.1, 0.15) is 37.5 Å². The number of aryl methyl sites for hydroxylation is 2. The molecule has 0 bridgehead atoms. The maximum Gasteiger partial charge on any atom is 0.0627 e. The maximum absolute atomic E-state index is 6.08. The summed E-state index contributed by atoms with van der Waals surface area (Å²) in [6.07, 6.45) is 0.872. The molecule has 1 atom stereocenters. The zero-order chi connectivity index (χ0) is 13.1. The largest absolute Gasteiger partial charge is 0.374 e. The zero-order valence-electron chi connectivity index (χ0n) is 11.7. The maximum atomic E-state index is 6.08. The van der Waals surface area contributed by atoms with Crippen LogP contribution in [0.4, 0.5) is 0 Å². The second-order valence-electron chi connectivity index (χ2n) is 5.81. The summed E-state index contributed by atoms with van der Waals surface area (Å²) in [6.45, 7) is 11.0. The molecule has 1 rings (SSSR count). The Kier molecular flexibility index (Phi) is 4.72. The first-order valence-electron chi connectivity index (χ1n) is 6.23. The second-order valence-corrected chi connectivity index (χ2v) is 5.81. The smallest absolute Gasteiger partial charge is 0.0627 e. The number of nitrogens with two attached hydrogens (primary N) is 1. The van der Waals surface area contributed by atoms with Gasteiger partial charge < -0.3 is 10.5 Å². The Morgan fingerprint density at radius 3 is 2.35 bits per heavy atom. The van der Waals surface area contributed by atoms with Crippen molar-refractivity contribution in [1.82, 2.24) is 0 Å². The minimum atomic E-state index is -0.110. The average Bonchev–Trinajstić information content (AvgIpc) is 2.20. The number of ether oxygens (including phenoxy) is 1. The number of hydrogen-bond donors (Lipinski definition) is 1. The predicted octanol–water partition coefficient (Wildman–Crippen LogP) is 2.99. The van der Waals surface area contributed by atoms with Crippen LogP contribution in [0.3, 0.4) is 0 Å². The second kappa shape index (κ2) is 5.65. The molecule has 96 valence electrons. The lowest BCUT2D eigenvalue weighted by Crippen LogP contribution is -2.33. The molecule has 2 nitrogen and oxygen atoms in total. The first-order valence-corrected chi connectivity index (χ1v) is 6.23. The van der Waals surface area contributed by atoms with Gasteiger partial charge in [-0.05, 0) is 57.7 Å². The highest BCUT2D eigenvalue weighted by atomic mass is 16.5. The van der Waals surface area contributed by atoms with Gasteiger partial charge in [-0.2, -0.15) is 0 Å². The van der Waals surface area contributed by atoms with Crippen molar-refractivity contribution in [2.75, 3.05) is 6.61 Å². The van der Waals surface area contributed by atoms with Crippen molar-refractivity contribution >= 4 is 0 Å². The molecule has 1 unspecified atom stereocenters. The first kappa shape index (κ1) is 14.2. The van der Waals surface area contributed by atoms with Gasteiger partial charge in [-0.25, -0.2) is 0 Å². The molecule has 0 fully saturated rings. The summed E-state index contributed by atoms with van der Waals surface area (Å²) in [5, 5.41) is 0. The Morgan fingerprint density at radius 2 is 1.82 bits per heavy atom. The normalized spacial score (nSPS) is 13.8. The van der Waals surface area contributed by atoms with Gasteiger partial charge in [0.15, 0.2) is 0 Å². The lowest BCUT2D eigenvalue weighted by molar-refractivity contribution is -0.00983. The van der Waals surface area contributed by atoms with Crippen LogP contribution in [0.5, 0.6) is 0 Å². The highest BCUT2D eigenvalue weighted by Crippen LogP contribution is 2.12. The molecule has 0 aromatic heterocycles. The minimum absolute atomic E-state index is 0.0660. The Hall–Kier alpha value is -0.860. The molecule has 0 radical (unpaired) electrons. The standard InChI is InChI=1S/C15H25NO/c1-11-6-7-13(8-12(11)2)9-14(16)10-17-15(3,4)5/h6-8,14H,9-10,16H2,1-5H3. The molecule has 2 N–H and O–H groups in total. The van der Waals surface area contributed by atoms with Crippen molar-refractivity contribution in [3.05, 3.63) is 34.9 Å². The van der Waals surface area contributed by atoms with E-state index in [1.165, 1.54) is 16.7 Å². The van der Waals surface area contributed by atoms with Crippen LogP contribution in [-0.2, 0) is 11.2 Å². The molecule has 1 aromatic carbocycles. The highest BCUT2D eigenvalue weighted by molar-refractivity contribution is 5.30. The molecule has 17 heavy (non-hydrogen) atoms. The van der Waals surface area contributed by atoms with E-state index >= 15 is 0 Å². The van der Waals surface area contributed by atoms with Crippen molar-refractivity contribution in [3.63, 3.8) is 0 Å². The van der Waals surface area contributed by atoms with E-state index in [2.05, 4.69) is 52.8 Å². The molecule has 0 aliphatic carbocycles. The van der Waals surface area contributed by atoms with Crippen LogP contribution < -0.4 is 5.73 Å². The van der Waals surface area contributed by atoms with Crippen LogP contribution >= 0.6 is 0 Å². The summed E-state index contributed by atoms with van der Waals surface area (Å²) < 4.78 is 5.69. The summed E-state index contributed by atoms with van der Waals surface area (Å²) in [5.74, 6) is 0. The number of rotatable bonds is 4. The molecule has 0 amide bonds. The van der Waals surface area contributed by atoms with Crippen molar-refractivity contribution < 1.29 is 4.74 Å².